The summed E-state index contributed by atoms with van der Waals surface area (Å²) in [7, 11) is 0. The number of rotatable bonds is 5. The van der Waals surface area contributed by atoms with Gasteiger partial charge in [-0.05, 0) is 50.3 Å². The molecule has 2 aliphatic rings. The summed E-state index contributed by atoms with van der Waals surface area (Å²) in [6.07, 6.45) is 0.896. The van der Waals surface area contributed by atoms with Gasteiger partial charge >= 0.3 is 12.2 Å². The molecule has 1 aromatic carbocycles. The van der Waals surface area contributed by atoms with Crippen LogP contribution in [0.1, 0.15) is 13.8 Å². The molecule has 3 rings (SSSR count). The number of benzene rings is 1. The predicted molar refractivity (Wildman–Crippen MR) is 111 cm³/mol. The van der Waals surface area contributed by atoms with Gasteiger partial charge in [0.25, 0.3) is 5.17 Å². The first-order valence-electron chi connectivity index (χ1n) is 9.00. The highest BCUT2D eigenvalue weighted by molar-refractivity contribution is 7.80. The van der Waals surface area contributed by atoms with Crippen molar-refractivity contribution in [1.29, 1.82) is 0 Å². The standard InChI is InChI=1S/C13H14N2O4.C6H11NOS/c1-9-8-15(13(17)19-9)11-4-2-10(3-5-11)14-6-7-18-12(14)16;1-3-5-8-6(9)7-4-2/h2-5,9H,6-8H2,1H3;3H,1,4-5H2,2H3,(H,7,9). The highest BCUT2D eigenvalue weighted by Crippen LogP contribution is 2.26. The number of hydrogen-bond donors (Lipinski definition) is 1. The van der Waals surface area contributed by atoms with E-state index in [2.05, 4.69) is 11.9 Å². The van der Waals surface area contributed by atoms with E-state index in [9.17, 15) is 9.59 Å². The number of carbonyl (C=O) groups excluding carboxylic acids is 2. The summed E-state index contributed by atoms with van der Waals surface area (Å²) in [5.74, 6) is 0. The fraction of sp³-hybridized carbons (Fsp3) is 0.421. The SMILES string of the molecule is C=CCOC(=S)NCC.CC1CN(c2ccc(N3CCOC3=O)cc2)C(=O)O1. The van der Waals surface area contributed by atoms with Gasteiger partial charge in [0.1, 0.15) is 19.3 Å². The number of amides is 2. The number of ether oxygens (including phenoxy) is 3. The van der Waals surface area contributed by atoms with Crippen molar-refractivity contribution in [2.24, 2.45) is 0 Å². The van der Waals surface area contributed by atoms with Crippen LogP contribution in [0.15, 0.2) is 36.9 Å². The van der Waals surface area contributed by atoms with Crippen LogP contribution in [0.5, 0.6) is 0 Å². The van der Waals surface area contributed by atoms with Gasteiger partial charge < -0.3 is 19.5 Å². The lowest BCUT2D eigenvalue weighted by Crippen LogP contribution is -2.25. The Balaban J connectivity index is 0.000000266. The Labute approximate surface area is 170 Å². The lowest BCUT2D eigenvalue weighted by atomic mass is 10.2. The third-order valence-electron chi connectivity index (χ3n) is 3.85. The number of anilines is 2. The van der Waals surface area contributed by atoms with Crippen LogP contribution in [-0.4, -0.2) is 56.3 Å². The van der Waals surface area contributed by atoms with E-state index in [1.165, 1.54) is 0 Å². The van der Waals surface area contributed by atoms with E-state index in [1.54, 1.807) is 40.1 Å². The first-order valence-corrected chi connectivity index (χ1v) is 9.41. The average molecular weight is 407 g/mol. The second-order valence-corrected chi connectivity index (χ2v) is 6.38. The molecule has 8 nitrogen and oxygen atoms in total. The molecule has 2 fully saturated rings. The van der Waals surface area contributed by atoms with Crippen molar-refractivity contribution >= 4 is 41.0 Å². The van der Waals surface area contributed by atoms with E-state index >= 15 is 0 Å². The Morgan fingerprint density at radius 3 is 2.39 bits per heavy atom. The van der Waals surface area contributed by atoms with Crippen molar-refractivity contribution in [1.82, 2.24) is 5.32 Å². The van der Waals surface area contributed by atoms with Crippen molar-refractivity contribution in [2.45, 2.75) is 20.0 Å². The molecule has 0 spiro atoms. The average Bonchev–Trinajstić information content (AvgIpc) is 3.25. The van der Waals surface area contributed by atoms with Crippen molar-refractivity contribution < 1.29 is 23.8 Å². The third kappa shape index (κ3) is 5.85. The molecule has 1 N–H and O–H groups in total. The lowest BCUT2D eigenvalue weighted by Gasteiger charge is -2.16. The fourth-order valence-electron chi connectivity index (χ4n) is 2.59. The Bertz CT molecular complexity index is 710. The molecular weight excluding hydrogens is 382 g/mol. The first-order chi connectivity index (χ1) is 13.5. The smallest absolute Gasteiger partial charge is 0.414 e. The zero-order valence-electron chi connectivity index (χ0n) is 16.1. The molecular formula is C19H25N3O5S. The zero-order chi connectivity index (χ0) is 20.5. The molecule has 1 unspecified atom stereocenters. The molecule has 1 aromatic rings. The van der Waals surface area contributed by atoms with E-state index in [1.807, 2.05) is 13.8 Å². The van der Waals surface area contributed by atoms with Crippen LogP contribution in [0.25, 0.3) is 0 Å². The summed E-state index contributed by atoms with van der Waals surface area (Å²) in [6.45, 7) is 10.1. The van der Waals surface area contributed by atoms with E-state index in [-0.39, 0.29) is 18.3 Å². The maximum atomic E-state index is 11.6. The van der Waals surface area contributed by atoms with Gasteiger partial charge in [0.2, 0.25) is 0 Å². The van der Waals surface area contributed by atoms with Gasteiger partial charge in [-0.2, -0.15) is 0 Å². The minimum absolute atomic E-state index is 0.0965. The molecule has 2 aliphatic heterocycles. The minimum atomic E-state index is -0.333. The number of cyclic esters (lactones) is 2. The zero-order valence-corrected chi connectivity index (χ0v) is 16.9. The topological polar surface area (TPSA) is 80.3 Å². The highest BCUT2D eigenvalue weighted by atomic mass is 32.1. The fourth-order valence-corrected chi connectivity index (χ4v) is 2.80. The van der Waals surface area contributed by atoms with Crippen LogP contribution in [-0.2, 0) is 14.2 Å². The van der Waals surface area contributed by atoms with E-state index in [0.29, 0.717) is 31.5 Å². The number of hydrogen-bond acceptors (Lipinski definition) is 6. The molecule has 28 heavy (non-hydrogen) atoms. The summed E-state index contributed by atoms with van der Waals surface area (Å²) in [6, 6.07) is 7.22. The molecule has 2 heterocycles. The quantitative estimate of drug-likeness (QED) is 0.593. The highest BCUT2D eigenvalue weighted by Gasteiger charge is 2.29. The van der Waals surface area contributed by atoms with Gasteiger partial charge in [0.15, 0.2) is 0 Å². The number of thiocarbonyl (C=S) groups is 1. The first kappa shape index (κ1) is 21.5. The molecule has 9 heteroatoms. The van der Waals surface area contributed by atoms with Gasteiger partial charge in [-0.1, -0.05) is 12.7 Å². The Morgan fingerprint density at radius 1 is 1.29 bits per heavy atom. The van der Waals surface area contributed by atoms with Crippen molar-refractivity contribution in [3.8, 4) is 0 Å². The molecule has 0 saturated carbocycles. The van der Waals surface area contributed by atoms with Gasteiger partial charge in [0, 0.05) is 17.9 Å². The third-order valence-corrected chi connectivity index (χ3v) is 4.11. The number of nitrogens with one attached hydrogen (secondary N) is 1. The van der Waals surface area contributed by atoms with Crippen molar-refractivity contribution in [3.05, 3.63) is 36.9 Å². The molecule has 0 aliphatic carbocycles. The van der Waals surface area contributed by atoms with E-state index < -0.39 is 0 Å². The monoisotopic (exact) mass is 407 g/mol. The minimum Gasteiger partial charge on any atom is -0.467 e. The van der Waals surface area contributed by atoms with Gasteiger partial charge in [-0.3, -0.25) is 9.80 Å². The second-order valence-electron chi connectivity index (χ2n) is 6.00. The van der Waals surface area contributed by atoms with Gasteiger partial charge in [-0.25, -0.2) is 9.59 Å². The van der Waals surface area contributed by atoms with Crippen LogP contribution in [0.4, 0.5) is 21.0 Å². The molecule has 2 saturated heterocycles. The van der Waals surface area contributed by atoms with Crippen LogP contribution in [0.2, 0.25) is 0 Å². The maximum absolute atomic E-state index is 11.6. The van der Waals surface area contributed by atoms with E-state index in [0.717, 1.165) is 17.9 Å². The van der Waals surface area contributed by atoms with E-state index in [4.69, 9.17) is 26.4 Å². The second kappa shape index (κ2) is 10.5. The Hall–Kier alpha value is -2.81. The lowest BCUT2D eigenvalue weighted by molar-refractivity contribution is 0.150. The molecule has 0 radical (unpaired) electrons. The molecule has 2 amide bonds. The summed E-state index contributed by atoms with van der Waals surface area (Å²) in [5.41, 5.74) is 1.54. The summed E-state index contributed by atoms with van der Waals surface area (Å²) in [4.78, 5) is 26.2. The van der Waals surface area contributed by atoms with Crippen LogP contribution in [0, 0.1) is 0 Å². The summed E-state index contributed by atoms with van der Waals surface area (Å²) >= 11 is 4.74. The van der Waals surface area contributed by atoms with Crippen molar-refractivity contribution in [2.75, 3.05) is 42.6 Å². The molecule has 0 aromatic heterocycles. The maximum Gasteiger partial charge on any atom is 0.414 e. The van der Waals surface area contributed by atoms with Crippen molar-refractivity contribution in [3.63, 3.8) is 0 Å². The van der Waals surface area contributed by atoms with Gasteiger partial charge in [-0.15, -0.1) is 0 Å². The van der Waals surface area contributed by atoms with Crippen LogP contribution in [0.3, 0.4) is 0 Å². The largest absolute Gasteiger partial charge is 0.467 e. The number of carbonyl (C=O) groups is 2. The Morgan fingerprint density at radius 2 is 1.93 bits per heavy atom. The predicted octanol–water partition coefficient (Wildman–Crippen LogP) is 3.07. The van der Waals surface area contributed by atoms with Crippen LogP contribution >= 0.6 is 12.2 Å². The molecule has 1 atom stereocenters. The molecule has 0 bridgehead atoms. The summed E-state index contributed by atoms with van der Waals surface area (Å²) < 4.78 is 14.9. The van der Waals surface area contributed by atoms with Crippen LogP contribution < -0.4 is 15.1 Å². The van der Waals surface area contributed by atoms with Gasteiger partial charge in [0.05, 0.1) is 13.1 Å². The Kier molecular flexibility index (Phi) is 8.06. The molecule has 152 valence electrons. The summed E-state index contributed by atoms with van der Waals surface area (Å²) in [5, 5.41) is 3.28. The number of nitrogens with zero attached hydrogens (tertiary/aromatic N) is 2. The normalized spacial score (nSPS) is 18.0.